The van der Waals surface area contributed by atoms with Crippen molar-refractivity contribution in [3.05, 3.63) is 47.7 Å². The molecule has 0 aliphatic rings. The molecule has 0 amide bonds. The molecule has 4 aromatic rings. The van der Waals surface area contributed by atoms with Gasteiger partial charge in [0.2, 0.25) is 11.7 Å². The molecule has 0 saturated heterocycles. The van der Waals surface area contributed by atoms with Crippen LogP contribution in [-0.4, -0.2) is 32.0 Å². The van der Waals surface area contributed by atoms with Gasteiger partial charge in [0.25, 0.3) is 0 Å². The van der Waals surface area contributed by atoms with Crippen LogP contribution in [0, 0.1) is 0 Å². The second-order valence-electron chi connectivity index (χ2n) is 5.37. The van der Waals surface area contributed by atoms with Crippen molar-refractivity contribution in [1.29, 1.82) is 0 Å². The van der Waals surface area contributed by atoms with Gasteiger partial charge in [-0.25, -0.2) is 0 Å². The molecule has 0 radical (unpaired) electrons. The molecule has 0 bridgehead atoms. The Balaban J connectivity index is 1.46. The Kier molecular flexibility index (Phi) is 4.72. The number of ether oxygens (including phenoxy) is 1. The summed E-state index contributed by atoms with van der Waals surface area (Å²) in [6.07, 6.45) is 0. The van der Waals surface area contributed by atoms with Gasteiger partial charge in [0, 0.05) is 12.6 Å². The number of benzene rings is 1. The van der Waals surface area contributed by atoms with Gasteiger partial charge in [0.05, 0.1) is 17.7 Å². The third kappa shape index (κ3) is 3.35. The van der Waals surface area contributed by atoms with Gasteiger partial charge in [-0.05, 0) is 35.7 Å². The standard InChI is InChI=1S/C17H15N5O2S2/c1-22-16(11-5-7-12(23-2)8-6-11)19-20-17(22)26-10-14-18-15(21-24-14)13-4-3-9-25-13/h3-9H,10H2,1-2H3. The van der Waals surface area contributed by atoms with Gasteiger partial charge in [0.1, 0.15) is 5.75 Å². The maximum atomic E-state index is 5.32. The molecule has 1 aromatic carbocycles. The molecule has 0 saturated carbocycles. The molecule has 0 aliphatic carbocycles. The first-order chi connectivity index (χ1) is 12.7. The lowest BCUT2D eigenvalue weighted by molar-refractivity contribution is 0.391. The van der Waals surface area contributed by atoms with E-state index in [1.807, 2.05) is 53.4 Å². The Hall–Kier alpha value is -2.65. The van der Waals surface area contributed by atoms with E-state index in [0.717, 1.165) is 27.2 Å². The molecule has 3 heterocycles. The van der Waals surface area contributed by atoms with Gasteiger partial charge < -0.3 is 13.8 Å². The van der Waals surface area contributed by atoms with Crippen LogP contribution < -0.4 is 4.74 Å². The summed E-state index contributed by atoms with van der Waals surface area (Å²) in [4.78, 5) is 5.41. The molecular formula is C17H15N5O2S2. The monoisotopic (exact) mass is 385 g/mol. The molecule has 3 aromatic heterocycles. The zero-order valence-electron chi connectivity index (χ0n) is 14.1. The summed E-state index contributed by atoms with van der Waals surface area (Å²) >= 11 is 3.09. The predicted molar refractivity (Wildman–Crippen MR) is 100 cm³/mol. The SMILES string of the molecule is COc1ccc(-c2nnc(SCc3nc(-c4cccs4)no3)n2C)cc1. The fraction of sp³-hybridized carbons (Fsp3) is 0.176. The van der Waals surface area contributed by atoms with Crippen molar-refractivity contribution >= 4 is 23.1 Å². The Morgan fingerprint density at radius 3 is 2.77 bits per heavy atom. The van der Waals surface area contributed by atoms with Crippen LogP contribution in [-0.2, 0) is 12.8 Å². The van der Waals surface area contributed by atoms with E-state index >= 15 is 0 Å². The summed E-state index contributed by atoms with van der Waals surface area (Å²) < 4.78 is 12.5. The molecule has 132 valence electrons. The Morgan fingerprint density at radius 1 is 1.19 bits per heavy atom. The smallest absolute Gasteiger partial charge is 0.237 e. The summed E-state index contributed by atoms with van der Waals surface area (Å²) in [7, 11) is 3.58. The second-order valence-corrected chi connectivity index (χ2v) is 7.26. The van der Waals surface area contributed by atoms with Crippen LogP contribution in [0.25, 0.3) is 22.1 Å². The van der Waals surface area contributed by atoms with Crippen molar-refractivity contribution in [3.8, 4) is 27.8 Å². The minimum absolute atomic E-state index is 0.535. The number of thioether (sulfide) groups is 1. The average molecular weight is 385 g/mol. The normalized spacial score (nSPS) is 11.0. The topological polar surface area (TPSA) is 78.9 Å². The van der Waals surface area contributed by atoms with Gasteiger partial charge in [-0.1, -0.05) is 23.0 Å². The Morgan fingerprint density at radius 2 is 2.04 bits per heavy atom. The van der Waals surface area contributed by atoms with Gasteiger partial charge in [-0.15, -0.1) is 21.5 Å². The zero-order valence-corrected chi connectivity index (χ0v) is 15.8. The van der Waals surface area contributed by atoms with Gasteiger partial charge in [-0.3, -0.25) is 0 Å². The molecule has 9 heteroatoms. The lowest BCUT2D eigenvalue weighted by Gasteiger charge is -2.04. The van der Waals surface area contributed by atoms with Crippen molar-refractivity contribution in [2.75, 3.05) is 7.11 Å². The number of methoxy groups -OCH3 is 1. The fourth-order valence-corrected chi connectivity index (χ4v) is 3.78. The van der Waals surface area contributed by atoms with Crippen LogP contribution in [0.4, 0.5) is 0 Å². The first-order valence-corrected chi connectivity index (χ1v) is 9.64. The van der Waals surface area contributed by atoms with Crippen molar-refractivity contribution in [1.82, 2.24) is 24.9 Å². The summed E-state index contributed by atoms with van der Waals surface area (Å²) in [5.74, 6) is 3.32. The maximum absolute atomic E-state index is 5.32. The highest BCUT2D eigenvalue weighted by atomic mass is 32.2. The predicted octanol–water partition coefficient (Wildman–Crippen LogP) is 3.89. The average Bonchev–Trinajstić information content (AvgIpc) is 3.41. The molecule has 26 heavy (non-hydrogen) atoms. The summed E-state index contributed by atoms with van der Waals surface area (Å²) in [6.45, 7) is 0. The zero-order chi connectivity index (χ0) is 17.9. The quantitative estimate of drug-likeness (QED) is 0.466. The molecule has 0 fully saturated rings. The number of rotatable bonds is 6. The minimum atomic E-state index is 0.535. The van der Waals surface area contributed by atoms with Crippen LogP contribution in [0.2, 0.25) is 0 Å². The number of hydrogen-bond donors (Lipinski definition) is 0. The van der Waals surface area contributed by atoms with Crippen LogP contribution in [0.15, 0.2) is 51.5 Å². The first-order valence-electron chi connectivity index (χ1n) is 7.77. The number of aromatic nitrogens is 5. The van der Waals surface area contributed by atoms with E-state index in [1.165, 1.54) is 11.8 Å². The summed E-state index contributed by atoms with van der Waals surface area (Å²) in [5, 5.41) is 15.3. The molecule has 0 spiro atoms. The van der Waals surface area contributed by atoms with E-state index in [-0.39, 0.29) is 0 Å². The van der Waals surface area contributed by atoms with E-state index in [0.29, 0.717) is 17.5 Å². The maximum Gasteiger partial charge on any atom is 0.237 e. The van der Waals surface area contributed by atoms with Crippen LogP contribution >= 0.6 is 23.1 Å². The van der Waals surface area contributed by atoms with Crippen molar-refractivity contribution in [2.24, 2.45) is 7.05 Å². The largest absolute Gasteiger partial charge is 0.497 e. The summed E-state index contributed by atoms with van der Waals surface area (Å²) in [5.41, 5.74) is 0.977. The molecular weight excluding hydrogens is 370 g/mol. The van der Waals surface area contributed by atoms with Crippen LogP contribution in [0.1, 0.15) is 5.89 Å². The van der Waals surface area contributed by atoms with Crippen molar-refractivity contribution in [2.45, 2.75) is 10.9 Å². The Labute approximate surface area is 158 Å². The molecule has 0 unspecified atom stereocenters. The lowest BCUT2D eigenvalue weighted by atomic mass is 10.2. The highest BCUT2D eigenvalue weighted by molar-refractivity contribution is 7.98. The molecule has 7 nitrogen and oxygen atoms in total. The van der Waals surface area contributed by atoms with Crippen molar-refractivity contribution in [3.63, 3.8) is 0 Å². The van der Waals surface area contributed by atoms with E-state index < -0.39 is 0 Å². The van der Waals surface area contributed by atoms with Crippen LogP contribution in [0.3, 0.4) is 0 Å². The number of thiophene rings is 1. The van der Waals surface area contributed by atoms with Crippen LogP contribution in [0.5, 0.6) is 5.75 Å². The number of nitrogens with zero attached hydrogens (tertiary/aromatic N) is 5. The molecule has 0 N–H and O–H groups in total. The fourth-order valence-electron chi connectivity index (χ4n) is 2.38. The van der Waals surface area contributed by atoms with E-state index in [9.17, 15) is 0 Å². The highest BCUT2D eigenvalue weighted by Gasteiger charge is 2.14. The van der Waals surface area contributed by atoms with E-state index in [4.69, 9.17) is 9.26 Å². The molecule has 4 rings (SSSR count). The van der Waals surface area contributed by atoms with Gasteiger partial charge >= 0.3 is 0 Å². The lowest BCUT2D eigenvalue weighted by Crippen LogP contribution is -1.95. The highest BCUT2D eigenvalue weighted by Crippen LogP contribution is 2.27. The third-order valence-corrected chi connectivity index (χ3v) is 5.59. The first kappa shape index (κ1) is 16.8. The third-order valence-electron chi connectivity index (χ3n) is 3.72. The van der Waals surface area contributed by atoms with Gasteiger partial charge in [0.15, 0.2) is 11.0 Å². The van der Waals surface area contributed by atoms with E-state index in [2.05, 4.69) is 20.3 Å². The Bertz CT molecular complexity index is 993. The van der Waals surface area contributed by atoms with E-state index in [1.54, 1.807) is 18.4 Å². The van der Waals surface area contributed by atoms with Gasteiger partial charge in [-0.2, -0.15) is 4.98 Å². The van der Waals surface area contributed by atoms with Crippen molar-refractivity contribution < 1.29 is 9.26 Å². The molecule has 0 atom stereocenters. The summed E-state index contributed by atoms with van der Waals surface area (Å²) in [6, 6.07) is 11.7. The minimum Gasteiger partial charge on any atom is -0.497 e. The number of hydrogen-bond acceptors (Lipinski definition) is 8. The molecule has 0 aliphatic heterocycles. The second kappa shape index (κ2) is 7.30.